The highest BCUT2D eigenvalue weighted by atomic mass is 31.1. The van der Waals surface area contributed by atoms with Crippen molar-refractivity contribution in [2.24, 2.45) is 16.7 Å². The Kier molecular flexibility index (Phi) is 2.22. The van der Waals surface area contributed by atoms with Crippen LogP contribution in [0.3, 0.4) is 0 Å². The maximum absolute atomic E-state index is 8.85. The summed E-state index contributed by atoms with van der Waals surface area (Å²) in [5.41, 5.74) is 0.699. The first kappa shape index (κ1) is 9.89. The highest BCUT2D eigenvalue weighted by Crippen LogP contribution is 2.66. The third-order valence-corrected chi connectivity index (χ3v) is 5.30. The third-order valence-electron chi connectivity index (χ3n) is 4.91. The van der Waals surface area contributed by atoms with E-state index in [-0.39, 0.29) is 9.03 Å². The molecule has 0 spiro atoms. The van der Waals surface area contributed by atoms with Crippen molar-refractivity contribution in [3.8, 4) is 0 Å². The Morgan fingerprint density at radius 2 is 2.08 bits per heavy atom. The molecule has 2 nitrogen and oxygen atoms in total. The van der Waals surface area contributed by atoms with Crippen LogP contribution >= 0.6 is 9.03 Å². The van der Waals surface area contributed by atoms with E-state index in [9.17, 15) is 0 Å². The van der Waals surface area contributed by atoms with Gasteiger partial charge in [-0.05, 0) is 36.0 Å². The molecular formula is C10H19O2P. The predicted octanol–water partition coefficient (Wildman–Crippen LogP) is 2.72. The first-order chi connectivity index (χ1) is 6.02. The summed E-state index contributed by atoms with van der Waals surface area (Å²) in [6.45, 7) is 7.04. The number of fused-ring (bicyclic) bond motifs is 2. The van der Waals surface area contributed by atoms with E-state index in [0.29, 0.717) is 16.9 Å². The summed E-state index contributed by atoms with van der Waals surface area (Å²) in [4.78, 5) is 8.85. The van der Waals surface area contributed by atoms with E-state index in [4.69, 9.17) is 9.42 Å². The summed E-state index contributed by atoms with van der Waals surface area (Å²) >= 11 is 0. The zero-order valence-electron chi connectivity index (χ0n) is 8.63. The van der Waals surface area contributed by atoms with E-state index < -0.39 is 0 Å². The van der Waals surface area contributed by atoms with Crippen molar-refractivity contribution in [1.29, 1.82) is 0 Å². The molecule has 2 rings (SSSR count). The minimum absolute atomic E-state index is 0.296. The number of hydrogen-bond acceptors (Lipinski definition) is 2. The highest BCUT2D eigenvalue weighted by molar-refractivity contribution is 7.25. The molecule has 0 amide bonds. The smallest absolute Gasteiger partial charge is 0.152 e. The van der Waals surface area contributed by atoms with Gasteiger partial charge in [-0.1, -0.05) is 20.8 Å². The van der Waals surface area contributed by atoms with E-state index in [1.54, 1.807) is 0 Å². The standard InChI is InChI=1S/C10H19O2P/c1-9(2)7-4-5-10(9,3)8(6-7)12-13-11/h7-8,11,13H,4-6H2,1-3H3/t7-,8-,10+/m0/s1. The Balaban J connectivity index is 2.22. The Hall–Kier alpha value is 0.350. The number of hydrogen-bond donors (Lipinski definition) is 1. The molecule has 0 aromatic rings. The van der Waals surface area contributed by atoms with E-state index in [1.807, 2.05) is 0 Å². The molecule has 2 aliphatic rings. The van der Waals surface area contributed by atoms with Crippen molar-refractivity contribution in [2.45, 2.75) is 46.1 Å². The van der Waals surface area contributed by atoms with Crippen LogP contribution in [0.5, 0.6) is 0 Å². The van der Waals surface area contributed by atoms with Crippen LogP contribution in [-0.4, -0.2) is 11.0 Å². The van der Waals surface area contributed by atoms with Crippen molar-refractivity contribution in [2.75, 3.05) is 0 Å². The summed E-state index contributed by atoms with van der Waals surface area (Å²) in [5.74, 6) is 0.804. The van der Waals surface area contributed by atoms with Gasteiger partial charge in [0.05, 0.1) is 6.10 Å². The van der Waals surface area contributed by atoms with Crippen LogP contribution in [0.1, 0.15) is 40.0 Å². The first-order valence-corrected chi connectivity index (χ1v) is 5.92. The van der Waals surface area contributed by atoms with Crippen LogP contribution in [0.25, 0.3) is 0 Å². The summed E-state index contributed by atoms with van der Waals surface area (Å²) in [5, 5.41) is 0. The van der Waals surface area contributed by atoms with Gasteiger partial charge in [0.25, 0.3) is 0 Å². The second-order valence-electron chi connectivity index (χ2n) is 5.31. The van der Waals surface area contributed by atoms with Gasteiger partial charge in [-0.25, -0.2) is 0 Å². The van der Waals surface area contributed by atoms with Crippen LogP contribution in [-0.2, 0) is 4.52 Å². The molecule has 2 saturated carbocycles. The molecule has 76 valence electrons. The third kappa shape index (κ3) is 1.12. The van der Waals surface area contributed by atoms with Crippen molar-refractivity contribution >= 4 is 9.03 Å². The fourth-order valence-corrected chi connectivity index (χ4v) is 3.86. The molecule has 2 bridgehead atoms. The molecule has 1 unspecified atom stereocenters. The molecule has 3 heteroatoms. The second-order valence-corrected chi connectivity index (χ2v) is 5.73. The zero-order valence-corrected chi connectivity index (χ0v) is 9.63. The van der Waals surface area contributed by atoms with Gasteiger partial charge >= 0.3 is 0 Å². The van der Waals surface area contributed by atoms with Crippen molar-refractivity contribution in [3.63, 3.8) is 0 Å². The average molecular weight is 202 g/mol. The van der Waals surface area contributed by atoms with Crippen LogP contribution in [0.15, 0.2) is 0 Å². The molecule has 2 fully saturated rings. The molecule has 0 aliphatic heterocycles. The van der Waals surface area contributed by atoms with Crippen LogP contribution in [0, 0.1) is 16.7 Å². The summed E-state index contributed by atoms with van der Waals surface area (Å²) < 4.78 is 5.46. The van der Waals surface area contributed by atoms with Crippen molar-refractivity contribution in [1.82, 2.24) is 0 Å². The Bertz CT molecular complexity index is 217. The normalized spacial score (nSPS) is 48.0. The average Bonchev–Trinajstić information content (AvgIpc) is 2.37. The predicted molar refractivity (Wildman–Crippen MR) is 54.6 cm³/mol. The summed E-state index contributed by atoms with van der Waals surface area (Å²) in [7, 11) is -0.342. The molecule has 0 aromatic carbocycles. The van der Waals surface area contributed by atoms with Crippen LogP contribution in [0.2, 0.25) is 0 Å². The summed E-state index contributed by atoms with van der Waals surface area (Å²) in [6, 6.07) is 0. The zero-order chi connectivity index (χ0) is 9.69. The Morgan fingerprint density at radius 3 is 2.46 bits per heavy atom. The number of rotatable bonds is 2. The lowest BCUT2D eigenvalue weighted by Crippen LogP contribution is -2.35. The molecule has 4 atom stereocenters. The van der Waals surface area contributed by atoms with Gasteiger partial charge in [-0.2, -0.15) is 0 Å². The minimum atomic E-state index is -0.342. The lowest BCUT2D eigenvalue weighted by molar-refractivity contribution is 0.0351. The summed E-state index contributed by atoms with van der Waals surface area (Å²) in [6.07, 6.45) is 4.05. The van der Waals surface area contributed by atoms with Gasteiger partial charge in [0, 0.05) is 0 Å². The molecule has 0 radical (unpaired) electrons. The topological polar surface area (TPSA) is 29.5 Å². The molecule has 13 heavy (non-hydrogen) atoms. The largest absolute Gasteiger partial charge is 0.352 e. The Morgan fingerprint density at radius 1 is 1.38 bits per heavy atom. The molecule has 0 heterocycles. The van der Waals surface area contributed by atoms with Gasteiger partial charge in [-0.3, -0.25) is 0 Å². The van der Waals surface area contributed by atoms with Gasteiger partial charge < -0.3 is 9.42 Å². The Labute approximate surface area is 82.0 Å². The van der Waals surface area contributed by atoms with Gasteiger partial charge in [-0.15, -0.1) is 0 Å². The first-order valence-electron chi connectivity index (χ1n) is 5.07. The fraction of sp³-hybridized carbons (Fsp3) is 1.00. The van der Waals surface area contributed by atoms with E-state index >= 15 is 0 Å². The van der Waals surface area contributed by atoms with E-state index in [2.05, 4.69) is 20.8 Å². The lowest BCUT2D eigenvalue weighted by atomic mass is 9.70. The van der Waals surface area contributed by atoms with Gasteiger partial charge in [0.15, 0.2) is 9.03 Å². The van der Waals surface area contributed by atoms with Gasteiger partial charge in [0.2, 0.25) is 0 Å². The van der Waals surface area contributed by atoms with E-state index in [0.717, 1.165) is 12.3 Å². The molecule has 0 aromatic heterocycles. The maximum atomic E-state index is 8.85. The molecular weight excluding hydrogens is 183 g/mol. The second kappa shape index (κ2) is 2.92. The van der Waals surface area contributed by atoms with E-state index in [1.165, 1.54) is 12.8 Å². The maximum Gasteiger partial charge on any atom is 0.152 e. The molecule has 2 aliphatic carbocycles. The molecule has 0 saturated heterocycles. The van der Waals surface area contributed by atoms with Crippen molar-refractivity contribution in [3.05, 3.63) is 0 Å². The fourth-order valence-electron chi connectivity index (χ4n) is 3.37. The SMILES string of the molecule is CC1(C)[C@H]2CC[C@]1(C)[C@@H](OPO)C2. The quantitative estimate of drug-likeness (QED) is 0.697. The van der Waals surface area contributed by atoms with Gasteiger partial charge in [0.1, 0.15) is 0 Å². The van der Waals surface area contributed by atoms with Crippen molar-refractivity contribution < 1.29 is 9.42 Å². The lowest BCUT2D eigenvalue weighted by Gasteiger charge is -2.38. The van der Waals surface area contributed by atoms with Crippen LogP contribution < -0.4 is 0 Å². The van der Waals surface area contributed by atoms with Crippen LogP contribution in [0.4, 0.5) is 0 Å². The highest BCUT2D eigenvalue weighted by Gasteiger charge is 2.61. The molecule has 1 N–H and O–H groups in total. The monoisotopic (exact) mass is 202 g/mol. The minimum Gasteiger partial charge on any atom is -0.352 e.